The number of rotatable bonds is 3. The van der Waals surface area contributed by atoms with E-state index in [2.05, 4.69) is 5.32 Å². The van der Waals surface area contributed by atoms with E-state index < -0.39 is 40.2 Å². The van der Waals surface area contributed by atoms with E-state index in [9.17, 15) is 18.0 Å². The monoisotopic (exact) mass is 304 g/mol. The molecule has 1 heterocycles. The molecule has 21 heavy (non-hydrogen) atoms. The van der Waals surface area contributed by atoms with E-state index in [0.717, 1.165) is 0 Å². The average molecular weight is 304 g/mol. The van der Waals surface area contributed by atoms with Gasteiger partial charge in [0.2, 0.25) is 5.82 Å². The summed E-state index contributed by atoms with van der Waals surface area (Å²) in [6.45, 7) is 0.853. The fourth-order valence-corrected chi connectivity index (χ4v) is 2.21. The summed E-state index contributed by atoms with van der Waals surface area (Å²) in [6.07, 6.45) is 0.846. The van der Waals surface area contributed by atoms with Gasteiger partial charge in [-0.15, -0.1) is 0 Å². The lowest BCUT2D eigenvalue weighted by molar-refractivity contribution is 0.0387. The first-order valence-corrected chi connectivity index (χ1v) is 6.37. The highest BCUT2D eigenvalue weighted by Crippen LogP contribution is 2.27. The molecule has 0 atom stereocenters. The second-order valence-electron chi connectivity index (χ2n) is 4.93. The van der Waals surface area contributed by atoms with Gasteiger partial charge in [-0.3, -0.25) is 4.79 Å². The largest absolute Gasteiger partial charge is 0.503 e. The molecule has 1 aliphatic rings. The van der Waals surface area contributed by atoms with Crippen molar-refractivity contribution in [2.45, 2.75) is 18.4 Å². The molecule has 0 spiro atoms. The molecular formula is C13H15F3N2O3. The third kappa shape index (κ3) is 2.96. The Hall–Kier alpha value is -1.80. The van der Waals surface area contributed by atoms with Crippen molar-refractivity contribution in [3.63, 3.8) is 0 Å². The lowest BCUT2D eigenvalue weighted by Crippen LogP contribution is -2.56. The van der Waals surface area contributed by atoms with Gasteiger partial charge in [-0.05, 0) is 18.9 Å². The quantitative estimate of drug-likeness (QED) is 0.729. The van der Waals surface area contributed by atoms with E-state index in [1.807, 2.05) is 0 Å². The maximum Gasteiger partial charge on any atom is 0.254 e. The highest BCUT2D eigenvalue weighted by molar-refractivity contribution is 5.95. The van der Waals surface area contributed by atoms with Crippen LogP contribution in [0.5, 0.6) is 5.75 Å². The van der Waals surface area contributed by atoms with Gasteiger partial charge in [-0.1, -0.05) is 0 Å². The van der Waals surface area contributed by atoms with E-state index in [4.69, 9.17) is 15.6 Å². The van der Waals surface area contributed by atoms with Crippen LogP contribution in [0.2, 0.25) is 0 Å². The summed E-state index contributed by atoms with van der Waals surface area (Å²) in [5.41, 5.74) is 4.08. The van der Waals surface area contributed by atoms with Crippen LogP contribution in [-0.4, -0.2) is 36.3 Å². The highest BCUT2D eigenvalue weighted by Gasteiger charge is 2.34. The molecule has 1 aromatic carbocycles. The molecule has 0 bridgehead atoms. The van der Waals surface area contributed by atoms with E-state index in [1.54, 1.807) is 0 Å². The Balaban J connectivity index is 2.28. The van der Waals surface area contributed by atoms with Crippen molar-refractivity contribution in [3.05, 3.63) is 29.1 Å². The Kier molecular flexibility index (Phi) is 4.38. The zero-order valence-corrected chi connectivity index (χ0v) is 11.1. The van der Waals surface area contributed by atoms with Crippen molar-refractivity contribution < 1.29 is 27.8 Å². The van der Waals surface area contributed by atoms with Crippen LogP contribution >= 0.6 is 0 Å². The van der Waals surface area contributed by atoms with Crippen LogP contribution in [0, 0.1) is 17.5 Å². The van der Waals surface area contributed by atoms with Gasteiger partial charge in [0.05, 0.1) is 11.1 Å². The summed E-state index contributed by atoms with van der Waals surface area (Å²) < 4.78 is 45.1. The van der Waals surface area contributed by atoms with E-state index >= 15 is 0 Å². The summed E-state index contributed by atoms with van der Waals surface area (Å²) in [5, 5.41) is 11.7. The summed E-state index contributed by atoms with van der Waals surface area (Å²) in [7, 11) is 0. The highest BCUT2D eigenvalue weighted by atomic mass is 19.2. The van der Waals surface area contributed by atoms with Crippen LogP contribution in [-0.2, 0) is 4.74 Å². The minimum Gasteiger partial charge on any atom is -0.503 e. The molecule has 4 N–H and O–H groups in total. The second-order valence-corrected chi connectivity index (χ2v) is 4.93. The van der Waals surface area contributed by atoms with Crippen LogP contribution in [0.15, 0.2) is 6.07 Å². The van der Waals surface area contributed by atoms with E-state index in [-0.39, 0.29) is 6.54 Å². The van der Waals surface area contributed by atoms with Gasteiger partial charge in [0.1, 0.15) is 0 Å². The molecule has 5 nitrogen and oxygen atoms in total. The molecule has 8 heteroatoms. The molecule has 2 rings (SSSR count). The van der Waals surface area contributed by atoms with Gasteiger partial charge < -0.3 is 20.9 Å². The van der Waals surface area contributed by atoms with Crippen molar-refractivity contribution in [2.75, 3.05) is 19.8 Å². The van der Waals surface area contributed by atoms with Crippen LogP contribution in [0.4, 0.5) is 13.2 Å². The number of amides is 1. The van der Waals surface area contributed by atoms with Crippen molar-refractivity contribution in [1.82, 2.24) is 5.32 Å². The average Bonchev–Trinajstić information content (AvgIpc) is 2.49. The van der Waals surface area contributed by atoms with E-state index in [0.29, 0.717) is 32.1 Å². The van der Waals surface area contributed by atoms with Crippen LogP contribution in [0.3, 0.4) is 0 Å². The SMILES string of the molecule is NCC1(NC(=O)c2cc(F)c(F)c(O)c2F)CCOCC1. The van der Waals surface area contributed by atoms with Crippen LogP contribution in [0.1, 0.15) is 23.2 Å². The Bertz CT molecular complexity index is 560. The molecule has 0 unspecified atom stereocenters. The molecule has 0 aromatic heterocycles. The summed E-state index contributed by atoms with van der Waals surface area (Å²) in [4.78, 5) is 12.1. The minimum absolute atomic E-state index is 0.0966. The zero-order chi connectivity index (χ0) is 15.6. The first-order valence-electron chi connectivity index (χ1n) is 6.37. The Morgan fingerprint density at radius 2 is 1.95 bits per heavy atom. The molecule has 1 fully saturated rings. The van der Waals surface area contributed by atoms with Crippen LogP contribution in [0.25, 0.3) is 0 Å². The fraction of sp³-hybridized carbons (Fsp3) is 0.462. The number of aromatic hydroxyl groups is 1. The number of carbonyl (C=O) groups excluding carboxylic acids is 1. The number of benzene rings is 1. The lowest BCUT2D eigenvalue weighted by atomic mass is 9.89. The predicted molar refractivity (Wildman–Crippen MR) is 67.3 cm³/mol. The molecule has 1 saturated heterocycles. The number of nitrogens with two attached hydrogens (primary N) is 1. The lowest BCUT2D eigenvalue weighted by Gasteiger charge is -2.37. The van der Waals surface area contributed by atoms with Crippen molar-refractivity contribution in [1.29, 1.82) is 0 Å². The molecule has 0 aliphatic carbocycles. The maximum absolute atomic E-state index is 13.7. The molecular weight excluding hydrogens is 289 g/mol. The van der Waals surface area contributed by atoms with Crippen molar-refractivity contribution >= 4 is 5.91 Å². The number of halogens is 3. The van der Waals surface area contributed by atoms with E-state index in [1.165, 1.54) is 0 Å². The molecule has 1 aliphatic heterocycles. The maximum atomic E-state index is 13.7. The van der Waals surface area contributed by atoms with Gasteiger partial charge in [0, 0.05) is 19.8 Å². The molecule has 0 saturated carbocycles. The second kappa shape index (κ2) is 5.90. The zero-order valence-electron chi connectivity index (χ0n) is 11.1. The third-order valence-corrected chi connectivity index (χ3v) is 3.60. The Labute approximate surface area is 118 Å². The topological polar surface area (TPSA) is 84.6 Å². The van der Waals surface area contributed by atoms with Crippen LogP contribution < -0.4 is 11.1 Å². The minimum atomic E-state index is -1.73. The number of phenolic OH excluding ortho intramolecular Hbond substituents is 1. The number of hydrogen-bond donors (Lipinski definition) is 3. The number of phenols is 1. The van der Waals surface area contributed by atoms with Gasteiger partial charge >= 0.3 is 0 Å². The molecule has 1 aromatic rings. The summed E-state index contributed by atoms with van der Waals surface area (Å²) in [5.74, 6) is -7.23. The molecule has 0 radical (unpaired) electrons. The van der Waals surface area contributed by atoms with Gasteiger partial charge in [0.15, 0.2) is 17.4 Å². The first-order chi connectivity index (χ1) is 9.90. The molecule has 116 valence electrons. The number of nitrogens with one attached hydrogen (secondary N) is 1. The first kappa shape index (κ1) is 15.6. The van der Waals surface area contributed by atoms with Crippen molar-refractivity contribution in [2.24, 2.45) is 5.73 Å². The third-order valence-electron chi connectivity index (χ3n) is 3.60. The summed E-state index contributed by atoms with van der Waals surface area (Å²) >= 11 is 0. The summed E-state index contributed by atoms with van der Waals surface area (Å²) in [6, 6.07) is 0.406. The number of hydrogen-bond acceptors (Lipinski definition) is 4. The van der Waals surface area contributed by atoms with Gasteiger partial charge in [0.25, 0.3) is 5.91 Å². The number of carbonyl (C=O) groups is 1. The molecule has 1 amide bonds. The van der Waals surface area contributed by atoms with Crippen molar-refractivity contribution in [3.8, 4) is 5.75 Å². The normalized spacial score (nSPS) is 17.5. The van der Waals surface area contributed by atoms with Gasteiger partial charge in [-0.2, -0.15) is 4.39 Å². The predicted octanol–water partition coefficient (Wildman–Crippen LogP) is 1.05. The number of ether oxygens (including phenoxy) is 1. The smallest absolute Gasteiger partial charge is 0.254 e. The standard InChI is InChI=1S/C13H15F3N2O3/c14-8-5-7(9(15)11(19)10(8)16)12(20)18-13(6-17)1-3-21-4-2-13/h5,19H,1-4,6,17H2,(H,18,20). The fourth-order valence-electron chi connectivity index (χ4n) is 2.21. The Morgan fingerprint density at radius 1 is 1.33 bits per heavy atom. The van der Waals surface area contributed by atoms with Gasteiger partial charge in [-0.25, -0.2) is 8.78 Å². The Morgan fingerprint density at radius 3 is 2.52 bits per heavy atom.